The van der Waals surface area contributed by atoms with E-state index >= 15 is 0 Å². The van der Waals surface area contributed by atoms with Crippen LogP contribution in [0.15, 0.2) is 71.8 Å². The monoisotopic (exact) mass is 439 g/mol. The lowest BCUT2D eigenvalue weighted by atomic mass is 10.1. The second kappa shape index (κ2) is 10.4. The molecule has 0 heterocycles. The molecule has 0 aromatic heterocycles. The lowest BCUT2D eigenvalue weighted by molar-refractivity contribution is -0.123. The second-order valence-electron chi connectivity index (χ2n) is 6.49. The highest BCUT2D eigenvalue weighted by molar-refractivity contribution is 6.31. The first kappa shape index (κ1) is 22.0. The van der Waals surface area contributed by atoms with Crippen molar-refractivity contribution in [3.63, 3.8) is 0 Å². The van der Waals surface area contributed by atoms with Gasteiger partial charge in [0.1, 0.15) is 11.6 Å². The van der Waals surface area contributed by atoms with Gasteiger partial charge in [-0.25, -0.2) is 9.82 Å². The predicted octanol–water partition coefficient (Wildman–Crippen LogP) is 4.57. The molecule has 0 bridgehead atoms. The Bertz CT molecular complexity index is 1120. The molecule has 0 unspecified atom stereocenters. The Morgan fingerprint density at radius 2 is 1.81 bits per heavy atom. The van der Waals surface area contributed by atoms with Crippen molar-refractivity contribution in [1.82, 2.24) is 5.43 Å². The van der Waals surface area contributed by atoms with Gasteiger partial charge in [-0.2, -0.15) is 5.10 Å². The third-order valence-electron chi connectivity index (χ3n) is 4.30. The number of halogens is 2. The van der Waals surface area contributed by atoms with E-state index in [0.29, 0.717) is 22.0 Å². The Labute approximate surface area is 183 Å². The van der Waals surface area contributed by atoms with Crippen LogP contribution in [-0.2, 0) is 4.79 Å². The van der Waals surface area contributed by atoms with Crippen molar-refractivity contribution in [1.29, 1.82) is 0 Å². The number of hydrazone groups is 1. The summed E-state index contributed by atoms with van der Waals surface area (Å²) in [6.45, 7) is 1.53. The average Bonchev–Trinajstić information content (AvgIpc) is 2.77. The molecule has 0 saturated heterocycles. The van der Waals surface area contributed by atoms with Gasteiger partial charge >= 0.3 is 0 Å². The molecular weight excluding hydrogens is 421 g/mol. The summed E-state index contributed by atoms with van der Waals surface area (Å²) in [4.78, 5) is 24.2. The molecule has 0 aliphatic heterocycles. The van der Waals surface area contributed by atoms with Crippen LogP contribution < -0.4 is 15.5 Å². The number of hydrogen-bond acceptors (Lipinski definition) is 4. The Morgan fingerprint density at radius 1 is 1.06 bits per heavy atom. The van der Waals surface area contributed by atoms with Crippen LogP contribution in [0.3, 0.4) is 0 Å². The minimum absolute atomic E-state index is 0.255. The Balaban J connectivity index is 1.50. The van der Waals surface area contributed by atoms with Crippen molar-refractivity contribution in [2.24, 2.45) is 5.10 Å². The molecule has 0 radical (unpaired) electrons. The summed E-state index contributed by atoms with van der Waals surface area (Å²) in [6, 6.07) is 17.7. The molecule has 8 heteroatoms. The van der Waals surface area contributed by atoms with Crippen molar-refractivity contribution in [3.8, 4) is 5.75 Å². The van der Waals surface area contributed by atoms with Crippen LogP contribution in [0.2, 0.25) is 5.02 Å². The number of carbonyl (C=O) groups excluding carboxylic acids is 2. The fraction of sp³-hybridized carbons (Fsp3) is 0.0870. The van der Waals surface area contributed by atoms with E-state index in [1.54, 1.807) is 54.6 Å². The number of rotatable bonds is 7. The normalized spacial score (nSPS) is 10.7. The van der Waals surface area contributed by atoms with Gasteiger partial charge in [0.25, 0.3) is 11.8 Å². The first-order valence-corrected chi connectivity index (χ1v) is 9.67. The summed E-state index contributed by atoms with van der Waals surface area (Å²) in [5, 5.41) is 7.07. The number of hydrogen-bond donors (Lipinski definition) is 2. The molecule has 0 aliphatic carbocycles. The number of amides is 2. The van der Waals surface area contributed by atoms with E-state index in [1.165, 1.54) is 18.3 Å². The zero-order valence-corrected chi connectivity index (χ0v) is 17.3. The molecule has 6 nitrogen and oxygen atoms in total. The van der Waals surface area contributed by atoms with Crippen LogP contribution in [0.25, 0.3) is 0 Å². The van der Waals surface area contributed by atoms with Crippen LogP contribution in [0.1, 0.15) is 21.5 Å². The summed E-state index contributed by atoms with van der Waals surface area (Å²) in [5.74, 6) is -0.835. The third kappa shape index (κ3) is 6.13. The van der Waals surface area contributed by atoms with Crippen LogP contribution in [0.5, 0.6) is 5.75 Å². The van der Waals surface area contributed by atoms with Gasteiger partial charge in [-0.3, -0.25) is 9.59 Å². The maximum atomic E-state index is 13.5. The van der Waals surface area contributed by atoms with Crippen LogP contribution in [-0.4, -0.2) is 24.6 Å². The van der Waals surface area contributed by atoms with Gasteiger partial charge in [-0.1, -0.05) is 35.9 Å². The Morgan fingerprint density at radius 3 is 2.55 bits per heavy atom. The molecule has 158 valence electrons. The number of nitrogens with one attached hydrogen (secondary N) is 2. The Hall–Kier alpha value is -3.71. The second-order valence-corrected chi connectivity index (χ2v) is 6.90. The SMILES string of the molecule is Cc1c(Cl)cccc1NC(=O)c1ccc(OCC(=O)NN=Cc2ccccc2F)cc1. The molecule has 3 aromatic rings. The Kier molecular flexibility index (Phi) is 7.35. The molecule has 0 saturated carbocycles. The van der Waals surface area contributed by atoms with Crippen molar-refractivity contribution in [3.05, 3.63) is 94.3 Å². The molecule has 0 fully saturated rings. The van der Waals surface area contributed by atoms with Crippen LogP contribution in [0, 0.1) is 12.7 Å². The summed E-state index contributed by atoms with van der Waals surface area (Å²) in [7, 11) is 0. The molecule has 31 heavy (non-hydrogen) atoms. The zero-order chi connectivity index (χ0) is 22.2. The number of carbonyl (C=O) groups is 2. The van der Waals surface area contributed by atoms with Gasteiger partial charge in [0.2, 0.25) is 0 Å². The topological polar surface area (TPSA) is 79.8 Å². The molecule has 2 N–H and O–H groups in total. The molecule has 3 rings (SSSR count). The molecule has 2 amide bonds. The van der Waals surface area contributed by atoms with E-state index in [1.807, 2.05) is 6.92 Å². The first-order valence-electron chi connectivity index (χ1n) is 9.30. The van der Waals surface area contributed by atoms with Gasteiger partial charge < -0.3 is 10.1 Å². The number of benzene rings is 3. The van der Waals surface area contributed by atoms with E-state index in [-0.39, 0.29) is 18.1 Å². The first-order chi connectivity index (χ1) is 14.9. The maximum absolute atomic E-state index is 13.5. The van der Waals surface area contributed by atoms with Crippen molar-refractivity contribution >= 4 is 35.3 Å². The van der Waals surface area contributed by atoms with Gasteiger partial charge in [-0.05, 0) is 55.0 Å². The minimum atomic E-state index is -0.508. The van der Waals surface area contributed by atoms with Gasteiger partial charge in [0, 0.05) is 21.8 Å². The molecule has 0 atom stereocenters. The number of nitrogens with zero attached hydrogens (tertiary/aromatic N) is 1. The van der Waals surface area contributed by atoms with Crippen molar-refractivity contribution in [2.75, 3.05) is 11.9 Å². The zero-order valence-electron chi connectivity index (χ0n) is 16.6. The van der Waals surface area contributed by atoms with Gasteiger partial charge in [0.15, 0.2) is 6.61 Å². The quantitative estimate of drug-likeness (QED) is 0.418. The van der Waals surface area contributed by atoms with E-state index in [9.17, 15) is 14.0 Å². The van der Waals surface area contributed by atoms with E-state index < -0.39 is 11.7 Å². The fourth-order valence-electron chi connectivity index (χ4n) is 2.57. The highest BCUT2D eigenvalue weighted by atomic mass is 35.5. The van der Waals surface area contributed by atoms with E-state index in [2.05, 4.69) is 15.8 Å². The molecule has 0 aliphatic rings. The molecular formula is C23H19ClFN3O3. The minimum Gasteiger partial charge on any atom is -0.484 e. The highest BCUT2D eigenvalue weighted by Crippen LogP contribution is 2.23. The average molecular weight is 440 g/mol. The summed E-state index contributed by atoms with van der Waals surface area (Å²) >= 11 is 6.07. The highest BCUT2D eigenvalue weighted by Gasteiger charge is 2.10. The number of ether oxygens (including phenoxy) is 1. The molecule has 3 aromatic carbocycles. The third-order valence-corrected chi connectivity index (χ3v) is 4.71. The van der Waals surface area contributed by atoms with Gasteiger partial charge in [0.05, 0.1) is 6.21 Å². The van der Waals surface area contributed by atoms with Crippen LogP contribution >= 0.6 is 11.6 Å². The van der Waals surface area contributed by atoms with Crippen molar-refractivity contribution in [2.45, 2.75) is 6.92 Å². The fourth-order valence-corrected chi connectivity index (χ4v) is 2.75. The standard InChI is InChI=1S/C23H19ClFN3O3/c1-15-19(24)6-4-8-21(15)27-23(30)16-9-11-18(12-10-16)31-14-22(29)28-26-13-17-5-2-3-7-20(17)25/h2-13H,14H2,1H3,(H,27,30)(H,28,29). The lowest BCUT2D eigenvalue weighted by Crippen LogP contribution is -2.24. The van der Waals surface area contributed by atoms with Gasteiger partial charge in [-0.15, -0.1) is 0 Å². The van der Waals surface area contributed by atoms with E-state index in [0.717, 1.165) is 5.56 Å². The van der Waals surface area contributed by atoms with Crippen LogP contribution in [0.4, 0.5) is 10.1 Å². The van der Waals surface area contributed by atoms with Crippen molar-refractivity contribution < 1.29 is 18.7 Å². The smallest absolute Gasteiger partial charge is 0.277 e. The molecule has 0 spiro atoms. The summed E-state index contributed by atoms with van der Waals surface area (Å²) in [5.41, 5.74) is 4.35. The largest absolute Gasteiger partial charge is 0.484 e. The number of anilines is 1. The summed E-state index contributed by atoms with van der Waals surface area (Å²) < 4.78 is 18.8. The van der Waals surface area contributed by atoms with E-state index in [4.69, 9.17) is 16.3 Å². The maximum Gasteiger partial charge on any atom is 0.277 e. The summed E-state index contributed by atoms with van der Waals surface area (Å²) in [6.07, 6.45) is 1.21. The predicted molar refractivity (Wildman–Crippen MR) is 118 cm³/mol. The lowest BCUT2D eigenvalue weighted by Gasteiger charge is -2.10.